The lowest BCUT2D eigenvalue weighted by Crippen LogP contribution is -2.26. The molecule has 0 fully saturated rings. The molecule has 0 heterocycles. The second-order valence-electron chi connectivity index (χ2n) is 5.68. The van der Waals surface area contributed by atoms with E-state index in [0.717, 1.165) is 4.47 Å². The van der Waals surface area contributed by atoms with E-state index in [9.17, 15) is 13.2 Å². The van der Waals surface area contributed by atoms with E-state index in [1.54, 1.807) is 78.9 Å². The molecule has 0 bridgehead atoms. The highest BCUT2D eigenvalue weighted by molar-refractivity contribution is 9.10. The number of sulfonamides is 1. The maximum atomic E-state index is 12.6. The molecule has 0 atom stereocenters. The molecule has 3 aromatic rings. The molecular formula is C20H16BrNO4S. The van der Waals surface area contributed by atoms with E-state index in [2.05, 4.69) is 15.9 Å². The Bertz CT molecular complexity index is 1030. The molecule has 0 radical (unpaired) electrons. The topological polar surface area (TPSA) is 63.7 Å². The number of benzene rings is 3. The van der Waals surface area contributed by atoms with Crippen molar-refractivity contribution in [2.45, 2.75) is 4.90 Å². The third-order valence-corrected chi connectivity index (χ3v) is 6.22. The van der Waals surface area contributed by atoms with Gasteiger partial charge in [0.2, 0.25) is 0 Å². The van der Waals surface area contributed by atoms with Crippen molar-refractivity contribution in [2.24, 2.45) is 0 Å². The number of ether oxygens (including phenoxy) is 1. The van der Waals surface area contributed by atoms with E-state index in [1.165, 1.54) is 11.4 Å². The van der Waals surface area contributed by atoms with E-state index in [4.69, 9.17) is 4.74 Å². The fraction of sp³-hybridized carbons (Fsp3) is 0.0500. The summed E-state index contributed by atoms with van der Waals surface area (Å²) in [4.78, 5) is 12.4. The van der Waals surface area contributed by atoms with Crippen LogP contribution in [-0.4, -0.2) is 21.4 Å². The van der Waals surface area contributed by atoms with Gasteiger partial charge in [-0.05, 0) is 60.7 Å². The average molecular weight is 446 g/mol. The largest absolute Gasteiger partial charge is 0.423 e. The molecule has 0 aromatic heterocycles. The zero-order valence-corrected chi connectivity index (χ0v) is 16.8. The number of esters is 1. The molecule has 0 aliphatic rings. The predicted octanol–water partition coefficient (Wildman–Crippen LogP) is 4.49. The van der Waals surface area contributed by atoms with E-state index >= 15 is 0 Å². The van der Waals surface area contributed by atoms with E-state index < -0.39 is 16.0 Å². The first-order chi connectivity index (χ1) is 12.9. The minimum Gasteiger partial charge on any atom is -0.423 e. The predicted molar refractivity (Wildman–Crippen MR) is 108 cm³/mol. The lowest BCUT2D eigenvalue weighted by atomic mass is 10.2. The molecule has 0 saturated carbocycles. The second kappa shape index (κ2) is 7.94. The van der Waals surface area contributed by atoms with Crippen LogP contribution in [0.3, 0.4) is 0 Å². The quantitative estimate of drug-likeness (QED) is 0.428. The summed E-state index contributed by atoms with van der Waals surface area (Å²) in [5.41, 5.74) is 0.883. The zero-order valence-electron chi connectivity index (χ0n) is 14.4. The van der Waals surface area contributed by atoms with E-state index in [0.29, 0.717) is 17.0 Å². The minimum absolute atomic E-state index is 0.207. The number of halogens is 1. The number of carbonyl (C=O) groups excluding carboxylic acids is 1. The fourth-order valence-electron chi connectivity index (χ4n) is 2.37. The summed E-state index contributed by atoms with van der Waals surface area (Å²) in [5.74, 6) is -0.155. The number of nitrogens with zero attached hydrogens (tertiary/aromatic N) is 1. The Balaban J connectivity index is 1.75. The Morgan fingerprint density at radius 2 is 1.48 bits per heavy atom. The van der Waals surface area contributed by atoms with Crippen molar-refractivity contribution in [1.29, 1.82) is 0 Å². The molecule has 0 N–H and O–H groups in total. The fourth-order valence-corrected chi connectivity index (χ4v) is 3.85. The van der Waals surface area contributed by atoms with E-state index in [1.807, 2.05) is 0 Å². The van der Waals surface area contributed by atoms with Gasteiger partial charge in [-0.15, -0.1) is 0 Å². The first-order valence-corrected chi connectivity index (χ1v) is 10.2. The highest BCUT2D eigenvalue weighted by atomic mass is 79.9. The van der Waals surface area contributed by atoms with Crippen LogP contribution >= 0.6 is 15.9 Å². The lowest BCUT2D eigenvalue weighted by Gasteiger charge is -2.19. The van der Waals surface area contributed by atoms with Crippen molar-refractivity contribution in [1.82, 2.24) is 0 Å². The highest BCUT2D eigenvalue weighted by Crippen LogP contribution is 2.24. The van der Waals surface area contributed by atoms with Gasteiger partial charge in [0.05, 0.1) is 16.1 Å². The van der Waals surface area contributed by atoms with Gasteiger partial charge in [0.25, 0.3) is 10.0 Å². The van der Waals surface area contributed by atoms with Crippen molar-refractivity contribution in [3.63, 3.8) is 0 Å². The molecule has 7 heteroatoms. The van der Waals surface area contributed by atoms with E-state index in [-0.39, 0.29) is 4.90 Å². The molecule has 0 spiro atoms. The highest BCUT2D eigenvalue weighted by Gasteiger charge is 2.21. The number of rotatable bonds is 5. The number of anilines is 1. The Morgan fingerprint density at radius 3 is 2.07 bits per heavy atom. The third kappa shape index (κ3) is 4.37. The first-order valence-electron chi connectivity index (χ1n) is 8.00. The first kappa shape index (κ1) is 19.1. The smallest absolute Gasteiger partial charge is 0.343 e. The maximum absolute atomic E-state index is 12.6. The SMILES string of the molecule is CN(c1ccc(OC(=O)c2ccc(Br)cc2)cc1)S(=O)(=O)c1ccccc1. The molecular weight excluding hydrogens is 430 g/mol. The van der Waals surface area contributed by atoms with Crippen molar-refractivity contribution >= 4 is 37.6 Å². The normalized spacial score (nSPS) is 11.0. The Morgan fingerprint density at radius 1 is 0.889 bits per heavy atom. The summed E-state index contributed by atoms with van der Waals surface area (Å²) >= 11 is 3.31. The molecule has 0 aliphatic heterocycles. The van der Waals surface area contributed by atoms with Gasteiger partial charge >= 0.3 is 5.97 Å². The summed E-state index contributed by atoms with van der Waals surface area (Å²) in [5, 5.41) is 0. The zero-order chi connectivity index (χ0) is 19.4. The summed E-state index contributed by atoms with van der Waals surface area (Å²) in [6.07, 6.45) is 0. The van der Waals surface area contributed by atoms with Crippen LogP contribution < -0.4 is 9.04 Å². The van der Waals surface area contributed by atoms with Gasteiger partial charge in [-0.1, -0.05) is 34.1 Å². The number of carbonyl (C=O) groups is 1. The summed E-state index contributed by atoms with van der Waals surface area (Å²) in [7, 11) is -2.18. The Hall–Kier alpha value is -2.64. The van der Waals surface area contributed by atoms with Crippen LogP contribution in [0.1, 0.15) is 10.4 Å². The van der Waals surface area contributed by atoms with Crippen LogP contribution in [-0.2, 0) is 10.0 Å². The van der Waals surface area contributed by atoms with Gasteiger partial charge < -0.3 is 4.74 Å². The third-order valence-electron chi connectivity index (χ3n) is 3.89. The minimum atomic E-state index is -3.65. The van der Waals surface area contributed by atoms with Gasteiger partial charge in [0, 0.05) is 11.5 Å². The maximum Gasteiger partial charge on any atom is 0.343 e. The van der Waals surface area contributed by atoms with Crippen LogP contribution in [0.15, 0.2) is 88.2 Å². The Labute approximate surface area is 166 Å². The Kier molecular flexibility index (Phi) is 5.62. The molecule has 138 valence electrons. The van der Waals surface area contributed by atoms with Gasteiger partial charge in [-0.2, -0.15) is 0 Å². The van der Waals surface area contributed by atoms with Crippen molar-refractivity contribution in [2.75, 3.05) is 11.4 Å². The van der Waals surface area contributed by atoms with Crippen LogP contribution in [0.2, 0.25) is 0 Å². The number of hydrogen-bond donors (Lipinski definition) is 0. The molecule has 0 aliphatic carbocycles. The molecule has 0 unspecified atom stereocenters. The average Bonchev–Trinajstić information content (AvgIpc) is 2.69. The van der Waals surface area contributed by atoms with Gasteiger partial charge in [0.1, 0.15) is 5.75 Å². The monoisotopic (exact) mass is 445 g/mol. The summed E-state index contributed by atoms with van der Waals surface area (Å²) in [6.45, 7) is 0. The molecule has 27 heavy (non-hydrogen) atoms. The lowest BCUT2D eigenvalue weighted by molar-refractivity contribution is 0.0734. The van der Waals surface area contributed by atoms with Crippen molar-refractivity contribution in [3.05, 3.63) is 88.9 Å². The standard InChI is InChI=1S/C20H16BrNO4S/c1-22(27(24,25)19-5-3-2-4-6-19)17-11-13-18(14-12-17)26-20(23)15-7-9-16(21)10-8-15/h2-14H,1H3. The molecule has 0 saturated heterocycles. The summed E-state index contributed by atoms with van der Waals surface area (Å²) < 4.78 is 32.7. The molecule has 0 amide bonds. The summed E-state index contributed by atoms with van der Waals surface area (Å²) in [6, 6.07) is 21.3. The molecule has 5 nitrogen and oxygen atoms in total. The number of hydrogen-bond acceptors (Lipinski definition) is 4. The van der Waals surface area contributed by atoms with Crippen molar-refractivity contribution in [3.8, 4) is 5.75 Å². The van der Waals surface area contributed by atoms with Gasteiger partial charge in [-0.3, -0.25) is 4.31 Å². The van der Waals surface area contributed by atoms with Crippen LogP contribution in [0, 0.1) is 0 Å². The van der Waals surface area contributed by atoms with Gasteiger partial charge in [0.15, 0.2) is 0 Å². The van der Waals surface area contributed by atoms with Crippen LogP contribution in [0.5, 0.6) is 5.75 Å². The van der Waals surface area contributed by atoms with Crippen molar-refractivity contribution < 1.29 is 17.9 Å². The van der Waals surface area contributed by atoms with Gasteiger partial charge in [-0.25, -0.2) is 13.2 Å². The molecule has 3 rings (SSSR count). The van der Waals surface area contributed by atoms with Crippen LogP contribution in [0.4, 0.5) is 5.69 Å². The van der Waals surface area contributed by atoms with Crippen LogP contribution in [0.25, 0.3) is 0 Å². The second-order valence-corrected chi connectivity index (χ2v) is 8.56. The molecule has 3 aromatic carbocycles.